The zero-order chi connectivity index (χ0) is 16.4. The first kappa shape index (κ1) is 16.4. The van der Waals surface area contributed by atoms with Gasteiger partial charge in [-0.05, 0) is 19.3 Å². The Morgan fingerprint density at radius 2 is 1.96 bits per heavy atom. The number of nitrogens with zero attached hydrogens (tertiary/aromatic N) is 5. The SMILES string of the molecule is CN(C)S(=O)(=O)N1CCC(Oc2cc(N3CCCC3)ncn2)C1. The molecule has 0 aliphatic carbocycles. The van der Waals surface area contributed by atoms with E-state index in [4.69, 9.17) is 4.74 Å². The maximum atomic E-state index is 12.1. The van der Waals surface area contributed by atoms with Gasteiger partial charge in [-0.25, -0.2) is 9.97 Å². The quantitative estimate of drug-likeness (QED) is 0.768. The highest BCUT2D eigenvalue weighted by Crippen LogP contribution is 2.23. The highest BCUT2D eigenvalue weighted by atomic mass is 32.2. The van der Waals surface area contributed by atoms with E-state index in [9.17, 15) is 8.42 Å². The van der Waals surface area contributed by atoms with Crippen LogP contribution in [0.15, 0.2) is 12.4 Å². The summed E-state index contributed by atoms with van der Waals surface area (Å²) in [6.45, 7) is 2.84. The van der Waals surface area contributed by atoms with Gasteiger partial charge in [0, 0.05) is 39.8 Å². The summed E-state index contributed by atoms with van der Waals surface area (Å²) < 4.78 is 32.8. The number of aromatic nitrogens is 2. The topological polar surface area (TPSA) is 78.9 Å². The van der Waals surface area contributed by atoms with Crippen molar-refractivity contribution >= 4 is 16.0 Å². The van der Waals surface area contributed by atoms with Crippen LogP contribution in [0.2, 0.25) is 0 Å². The van der Waals surface area contributed by atoms with Crippen LogP contribution in [-0.4, -0.2) is 73.4 Å². The smallest absolute Gasteiger partial charge is 0.281 e. The first-order chi connectivity index (χ1) is 11.0. The monoisotopic (exact) mass is 341 g/mol. The van der Waals surface area contributed by atoms with Gasteiger partial charge in [0.2, 0.25) is 5.88 Å². The number of ether oxygens (including phenoxy) is 1. The standard InChI is InChI=1S/C14H23N5O3S/c1-17(2)23(20,21)19-8-5-12(10-19)22-14-9-13(15-11-16-14)18-6-3-4-7-18/h9,11-12H,3-8,10H2,1-2H3. The Balaban J connectivity index is 1.63. The maximum Gasteiger partial charge on any atom is 0.281 e. The van der Waals surface area contributed by atoms with E-state index in [0.717, 1.165) is 18.9 Å². The number of hydrogen-bond donors (Lipinski definition) is 0. The van der Waals surface area contributed by atoms with E-state index < -0.39 is 10.2 Å². The van der Waals surface area contributed by atoms with Crippen molar-refractivity contribution in [1.29, 1.82) is 0 Å². The van der Waals surface area contributed by atoms with E-state index in [1.165, 1.54) is 41.9 Å². The lowest BCUT2D eigenvalue weighted by Crippen LogP contribution is -2.39. The lowest BCUT2D eigenvalue weighted by molar-refractivity contribution is 0.206. The van der Waals surface area contributed by atoms with E-state index in [0.29, 0.717) is 25.4 Å². The van der Waals surface area contributed by atoms with Gasteiger partial charge in [0.05, 0.1) is 6.54 Å². The lowest BCUT2D eigenvalue weighted by atomic mass is 10.3. The molecule has 2 saturated heterocycles. The molecule has 1 aromatic rings. The number of anilines is 1. The van der Waals surface area contributed by atoms with Crippen LogP contribution in [0.1, 0.15) is 19.3 Å². The molecule has 0 saturated carbocycles. The summed E-state index contributed by atoms with van der Waals surface area (Å²) in [5, 5.41) is 0. The molecule has 3 heterocycles. The summed E-state index contributed by atoms with van der Waals surface area (Å²) in [4.78, 5) is 10.7. The first-order valence-electron chi connectivity index (χ1n) is 7.88. The van der Waals surface area contributed by atoms with Crippen LogP contribution in [0.25, 0.3) is 0 Å². The Bertz CT molecular complexity index is 646. The van der Waals surface area contributed by atoms with Crippen LogP contribution >= 0.6 is 0 Å². The molecule has 23 heavy (non-hydrogen) atoms. The largest absolute Gasteiger partial charge is 0.473 e. The number of hydrogen-bond acceptors (Lipinski definition) is 6. The predicted octanol–water partition coefficient (Wildman–Crippen LogP) is 0.336. The van der Waals surface area contributed by atoms with E-state index in [1.54, 1.807) is 0 Å². The molecule has 0 radical (unpaired) electrons. The minimum Gasteiger partial charge on any atom is -0.473 e. The van der Waals surface area contributed by atoms with Crippen LogP contribution in [0.4, 0.5) is 5.82 Å². The second kappa shape index (κ2) is 6.58. The van der Waals surface area contributed by atoms with Crippen molar-refractivity contribution in [3.8, 4) is 5.88 Å². The molecule has 1 unspecified atom stereocenters. The Morgan fingerprint density at radius 1 is 1.22 bits per heavy atom. The van der Waals surface area contributed by atoms with Crippen LogP contribution < -0.4 is 9.64 Å². The number of rotatable bonds is 5. The van der Waals surface area contributed by atoms with Gasteiger partial charge in [-0.15, -0.1) is 0 Å². The molecule has 8 nitrogen and oxygen atoms in total. The van der Waals surface area contributed by atoms with E-state index >= 15 is 0 Å². The van der Waals surface area contributed by atoms with E-state index in [-0.39, 0.29) is 6.10 Å². The molecule has 2 aliphatic heterocycles. The molecule has 1 aromatic heterocycles. The zero-order valence-corrected chi connectivity index (χ0v) is 14.4. The average molecular weight is 341 g/mol. The third-order valence-electron chi connectivity index (χ3n) is 4.24. The van der Waals surface area contributed by atoms with Crippen molar-refractivity contribution in [3.63, 3.8) is 0 Å². The van der Waals surface area contributed by atoms with Crippen molar-refractivity contribution < 1.29 is 13.2 Å². The van der Waals surface area contributed by atoms with Gasteiger partial charge in [0.1, 0.15) is 18.2 Å². The summed E-state index contributed by atoms with van der Waals surface area (Å²) in [7, 11) is -0.301. The second-order valence-electron chi connectivity index (χ2n) is 6.09. The highest BCUT2D eigenvalue weighted by molar-refractivity contribution is 7.86. The van der Waals surface area contributed by atoms with Crippen molar-refractivity contribution in [2.75, 3.05) is 45.2 Å². The van der Waals surface area contributed by atoms with Crippen LogP contribution in [0, 0.1) is 0 Å². The van der Waals surface area contributed by atoms with Gasteiger partial charge >= 0.3 is 0 Å². The molecule has 1 atom stereocenters. The summed E-state index contributed by atoms with van der Waals surface area (Å²) >= 11 is 0. The average Bonchev–Trinajstić information content (AvgIpc) is 3.19. The van der Waals surface area contributed by atoms with Crippen LogP contribution in [-0.2, 0) is 10.2 Å². The Morgan fingerprint density at radius 3 is 2.65 bits per heavy atom. The Labute approximate surface area is 137 Å². The molecule has 0 spiro atoms. The van der Waals surface area contributed by atoms with E-state index in [1.807, 2.05) is 6.07 Å². The van der Waals surface area contributed by atoms with Gasteiger partial charge in [-0.2, -0.15) is 17.0 Å². The molecule has 2 aliphatic rings. The fourth-order valence-corrected chi connectivity index (χ4v) is 4.07. The summed E-state index contributed by atoms with van der Waals surface area (Å²) in [6, 6.07) is 1.84. The molecule has 3 rings (SSSR count). The molecule has 0 aromatic carbocycles. The van der Waals surface area contributed by atoms with Crippen molar-refractivity contribution in [2.24, 2.45) is 0 Å². The molecule has 0 bridgehead atoms. The molecular formula is C14H23N5O3S. The Hall–Kier alpha value is -1.45. The molecule has 128 valence electrons. The molecule has 0 N–H and O–H groups in total. The zero-order valence-electron chi connectivity index (χ0n) is 13.6. The van der Waals surface area contributed by atoms with Crippen LogP contribution in [0.5, 0.6) is 5.88 Å². The van der Waals surface area contributed by atoms with Gasteiger partial charge in [0.15, 0.2) is 0 Å². The van der Waals surface area contributed by atoms with Crippen molar-refractivity contribution in [3.05, 3.63) is 12.4 Å². The van der Waals surface area contributed by atoms with Crippen LogP contribution in [0.3, 0.4) is 0 Å². The molecule has 9 heteroatoms. The van der Waals surface area contributed by atoms with Gasteiger partial charge in [-0.3, -0.25) is 0 Å². The summed E-state index contributed by atoms with van der Waals surface area (Å²) in [5.41, 5.74) is 0. The lowest BCUT2D eigenvalue weighted by Gasteiger charge is -2.21. The fourth-order valence-electron chi connectivity index (χ4n) is 2.92. The molecule has 2 fully saturated rings. The fraction of sp³-hybridized carbons (Fsp3) is 0.714. The maximum absolute atomic E-state index is 12.1. The minimum absolute atomic E-state index is 0.175. The van der Waals surface area contributed by atoms with Gasteiger partial charge in [0.25, 0.3) is 10.2 Å². The second-order valence-corrected chi connectivity index (χ2v) is 8.23. The van der Waals surface area contributed by atoms with Gasteiger partial charge < -0.3 is 9.64 Å². The summed E-state index contributed by atoms with van der Waals surface area (Å²) in [6.07, 6.45) is 4.36. The van der Waals surface area contributed by atoms with Gasteiger partial charge in [-0.1, -0.05) is 0 Å². The molecular weight excluding hydrogens is 318 g/mol. The van der Waals surface area contributed by atoms with Crippen molar-refractivity contribution in [1.82, 2.24) is 18.6 Å². The van der Waals surface area contributed by atoms with E-state index in [2.05, 4.69) is 14.9 Å². The normalized spacial score (nSPS) is 22.9. The predicted molar refractivity (Wildman–Crippen MR) is 86.7 cm³/mol. The van der Waals surface area contributed by atoms with Crippen molar-refractivity contribution in [2.45, 2.75) is 25.4 Å². The minimum atomic E-state index is -3.38. The first-order valence-corrected chi connectivity index (χ1v) is 9.28. The Kier molecular flexibility index (Phi) is 4.69. The molecule has 0 amide bonds. The third kappa shape index (κ3) is 3.56. The highest BCUT2D eigenvalue weighted by Gasteiger charge is 2.34. The summed E-state index contributed by atoms with van der Waals surface area (Å²) in [5.74, 6) is 1.39. The third-order valence-corrected chi connectivity index (χ3v) is 6.15.